The number of hydrogen-bond donors (Lipinski definition) is 0. The van der Waals surface area contributed by atoms with E-state index >= 15 is 0 Å². The summed E-state index contributed by atoms with van der Waals surface area (Å²) in [5, 5.41) is 0. The van der Waals surface area contributed by atoms with Crippen molar-refractivity contribution in [2.24, 2.45) is 11.8 Å². The van der Waals surface area contributed by atoms with Gasteiger partial charge in [-0.2, -0.15) is 0 Å². The molecule has 2 fully saturated rings. The number of rotatable bonds is 7. The molecule has 0 aromatic heterocycles. The largest absolute Gasteiger partial charge is 0.310 e. The van der Waals surface area contributed by atoms with E-state index in [0.29, 0.717) is 5.92 Å². The van der Waals surface area contributed by atoms with Crippen molar-refractivity contribution in [2.75, 3.05) is 4.90 Å². The lowest BCUT2D eigenvalue weighted by Gasteiger charge is -2.32. The van der Waals surface area contributed by atoms with Gasteiger partial charge in [-0.15, -0.1) is 0 Å². The molecule has 1 heteroatoms. The zero-order valence-corrected chi connectivity index (χ0v) is 35.3. The van der Waals surface area contributed by atoms with Gasteiger partial charge in [0.15, 0.2) is 0 Å². The number of fused-ring (bicyclic) bond motifs is 12. The van der Waals surface area contributed by atoms with Crippen LogP contribution in [0.3, 0.4) is 0 Å². The summed E-state index contributed by atoms with van der Waals surface area (Å²) in [6.45, 7) is 0. The Hall–Kier alpha value is -7.22. The molecule has 4 aliphatic carbocycles. The van der Waals surface area contributed by atoms with Crippen LogP contribution < -0.4 is 4.90 Å². The van der Waals surface area contributed by atoms with Gasteiger partial charge >= 0.3 is 0 Å². The third-order valence-corrected chi connectivity index (χ3v) is 15.2. The van der Waals surface area contributed by atoms with Gasteiger partial charge in [0.05, 0.1) is 5.41 Å². The quantitative estimate of drug-likeness (QED) is 0.155. The Morgan fingerprint density at radius 3 is 1.41 bits per heavy atom. The van der Waals surface area contributed by atoms with Crippen LogP contribution in [-0.2, 0) is 5.41 Å². The van der Waals surface area contributed by atoms with E-state index in [1.165, 1.54) is 115 Å². The molecule has 1 nitrogen and oxygen atoms in total. The predicted molar refractivity (Wildman–Crippen MR) is 262 cm³/mol. The van der Waals surface area contributed by atoms with Crippen molar-refractivity contribution in [3.05, 3.63) is 246 Å². The highest BCUT2D eigenvalue weighted by molar-refractivity contribution is 5.97. The van der Waals surface area contributed by atoms with Crippen LogP contribution in [0, 0.1) is 11.8 Å². The van der Waals surface area contributed by atoms with Crippen molar-refractivity contribution in [3.8, 4) is 55.6 Å². The topological polar surface area (TPSA) is 3.24 Å². The van der Waals surface area contributed by atoms with Gasteiger partial charge in [-0.05, 0) is 163 Å². The maximum absolute atomic E-state index is 2.53. The first-order valence-corrected chi connectivity index (χ1v) is 22.9. The molecule has 0 amide bonds. The van der Waals surface area contributed by atoms with Crippen molar-refractivity contribution in [3.63, 3.8) is 0 Å². The molecular formula is C62H47N. The number of nitrogens with zero attached hydrogens (tertiary/aromatic N) is 1. The molecule has 0 radical (unpaired) electrons. The average molecular weight is 806 g/mol. The first-order valence-electron chi connectivity index (χ1n) is 22.9. The molecule has 4 aliphatic rings. The van der Waals surface area contributed by atoms with E-state index in [9.17, 15) is 0 Å². The van der Waals surface area contributed by atoms with Crippen molar-refractivity contribution < 1.29 is 0 Å². The highest BCUT2D eigenvalue weighted by Gasteiger charge is 2.52. The molecule has 4 unspecified atom stereocenters. The summed E-state index contributed by atoms with van der Waals surface area (Å²) in [5.74, 6) is 2.45. The van der Waals surface area contributed by atoms with Crippen molar-refractivity contribution >= 4 is 17.1 Å². The van der Waals surface area contributed by atoms with Gasteiger partial charge in [-0.1, -0.05) is 182 Å². The second kappa shape index (κ2) is 14.4. The van der Waals surface area contributed by atoms with Gasteiger partial charge in [-0.25, -0.2) is 0 Å². The molecule has 0 heterocycles. The molecular weight excluding hydrogens is 759 g/mol. The fourth-order valence-electron chi connectivity index (χ4n) is 12.4. The van der Waals surface area contributed by atoms with Crippen LogP contribution in [0.4, 0.5) is 17.1 Å². The molecule has 13 rings (SSSR count). The minimum Gasteiger partial charge on any atom is -0.310 e. The Balaban J connectivity index is 0.992. The average Bonchev–Trinajstić information content (AvgIpc) is 4.14. The van der Waals surface area contributed by atoms with Crippen LogP contribution in [-0.4, -0.2) is 0 Å². The molecule has 9 aromatic carbocycles. The standard InChI is InChI=1S/C62H47N/c1-3-13-42(14-4-1)46-29-35-55-53-19-9-11-21-58(53)62(60(55)39-46)59-22-12-10-20-54(59)56-36-34-50(40-61(56)62)63(49-32-27-45(28-33-49)57-38-41-23-24-47(57)37-41)48-30-25-44(26-31-48)52-18-8-7-17-51(52)43-15-5-2-6-16-43/h1-22,25-36,39-41,47,57H,23-24,37-38H2. The van der Waals surface area contributed by atoms with Gasteiger partial charge in [-0.3, -0.25) is 0 Å². The van der Waals surface area contributed by atoms with Gasteiger partial charge in [0, 0.05) is 17.1 Å². The molecule has 4 atom stereocenters. The molecule has 0 N–H and O–H groups in total. The third-order valence-electron chi connectivity index (χ3n) is 15.2. The van der Waals surface area contributed by atoms with Crippen molar-refractivity contribution in [1.29, 1.82) is 0 Å². The Kier molecular flexibility index (Phi) is 8.35. The Labute approximate surface area is 371 Å². The van der Waals surface area contributed by atoms with Crippen molar-refractivity contribution in [1.82, 2.24) is 0 Å². The van der Waals surface area contributed by atoms with Gasteiger partial charge < -0.3 is 4.90 Å². The van der Waals surface area contributed by atoms with Crippen molar-refractivity contribution in [2.45, 2.75) is 37.0 Å². The molecule has 63 heavy (non-hydrogen) atoms. The summed E-state index contributed by atoms with van der Waals surface area (Å²) in [6, 6.07) is 82.1. The van der Waals surface area contributed by atoms with E-state index in [1.54, 1.807) is 0 Å². The molecule has 300 valence electrons. The van der Waals surface area contributed by atoms with E-state index in [1.807, 2.05) is 0 Å². The van der Waals surface area contributed by atoms with Gasteiger partial charge in [0.2, 0.25) is 0 Å². The Morgan fingerprint density at radius 2 is 0.810 bits per heavy atom. The van der Waals surface area contributed by atoms with Crippen LogP contribution >= 0.6 is 0 Å². The Morgan fingerprint density at radius 1 is 0.333 bits per heavy atom. The summed E-state index contributed by atoms with van der Waals surface area (Å²) in [6.07, 6.45) is 5.57. The summed E-state index contributed by atoms with van der Waals surface area (Å²) in [7, 11) is 0. The first kappa shape index (κ1) is 36.4. The Bertz CT molecular complexity index is 3170. The lowest BCUT2D eigenvalue weighted by atomic mass is 9.70. The minimum absolute atomic E-state index is 0.471. The predicted octanol–water partition coefficient (Wildman–Crippen LogP) is 16.4. The van der Waals surface area contributed by atoms with Crippen LogP contribution in [0.1, 0.15) is 59.4 Å². The van der Waals surface area contributed by atoms with E-state index < -0.39 is 5.41 Å². The van der Waals surface area contributed by atoms with Crippen LogP contribution in [0.2, 0.25) is 0 Å². The van der Waals surface area contributed by atoms with Crippen LogP contribution in [0.25, 0.3) is 55.6 Å². The van der Waals surface area contributed by atoms with E-state index in [4.69, 9.17) is 0 Å². The van der Waals surface area contributed by atoms with Gasteiger partial charge in [0.25, 0.3) is 0 Å². The van der Waals surface area contributed by atoms with E-state index in [2.05, 4.69) is 223 Å². The summed E-state index contributed by atoms with van der Waals surface area (Å²) < 4.78 is 0. The molecule has 0 aliphatic heterocycles. The lowest BCUT2D eigenvalue weighted by molar-refractivity contribution is 0.420. The summed E-state index contributed by atoms with van der Waals surface area (Å²) >= 11 is 0. The summed E-state index contributed by atoms with van der Waals surface area (Å²) in [5.41, 5.74) is 22.6. The highest BCUT2D eigenvalue weighted by Crippen LogP contribution is 2.64. The normalized spacial score (nSPS) is 19.7. The van der Waals surface area contributed by atoms with Crippen LogP contribution in [0.15, 0.2) is 218 Å². The van der Waals surface area contributed by atoms with E-state index in [-0.39, 0.29) is 0 Å². The van der Waals surface area contributed by atoms with E-state index in [0.717, 1.165) is 23.2 Å². The maximum atomic E-state index is 2.53. The zero-order chi connectivity index (χ0) is 41.5. The zero-order valence-electron chi connectivity index (χ0n) is 35.3. The minimum atomic E-state index is -0.471. The monoisotopic (exact) mass is 805 g/mol. The number of anilines is 3. The lowest BCUT2D eigenvalue weighted by Crippen LogP contribution is -2.26. The second-order valence-electron chi connectivity index (χ2n) is 18.4. The second-order valence-corrected chi connectivity index (χ2v) is 18.4. The molecule has 2 bridgehead atoms. The smallest absolute Gasteiger partial charge is 0.0726 e. The third kappa shape index (κ3) is 5.62. The van der Waals surface area contributed by atoms with Crippen LogP contribution in [0.5, 0.6) is 0 Å². The first-order chi connectivity index (χ1) is 31.2. The molecule has 0 saturated heterocycles. The maximum Gasteiger partial charge on any atom is 0.0726 e. The molecule has 2 saturated carbocycles. The fourth-order valence-corrected chi connectivity index (χ4v) is 12.4. The molecule has 1 spiro atoms. The molecule has 9 aromatic rings. The summed E-state index contributed by atoms with van der Waals surface area (Å²) in [4.78, 5) is 2.50. The number of benzene rings is 9. The SMILES string of the molecule is c1ccc(-c2ccc3c(c2)C2(c4ccccc4-3)c3ccccc3-c3ccc(N(c4ccc(-c5ccccc5-c5ccccc5)cc4)c4ccc(C5CC6CCC5C6)cc4)cc32)cc1. The van der Waals surface area contributed by atoms with Gasteiger partial charge in [0.1, 0.15) is 0 Å². The highest BCUT2D eigenvalue weighted by atomic mass is 15.1. The number of hydrogen-bond acceptors (Lipinski definition) is 1. The fraction of sp³-hybridized carbons (Fsp3) is 0.129.